The van der Waals surface area contributed by atoms with Gasteiger partial charge in [-0.15, -0.1) is 0 Å². The van der Waals surface area contributed by atoms with Crippen LogP contribution in [0.1, 0.15) is 0 Å². The Labute approximate surface area is 114 Å². The second-order valence-corrected chi connectivity index (χ2v) is 3.89. The molecular formula is C7H6NNaO6S. The summed E-state index contributed by atoms with van der Waals surface area (Å²) in [5.41, 5.74) is -0.348. The molecule has 16 heavy (non-hydrogen) atoms. The first-order chi connectivity index (χ1) is 6.86. The van der Waals surface area contributed by atoms with Crippen molar-refractivity contribution in [2.24, 2.45) is 0 Å². The van der Waals surface area contributed by atoms with Crippen molar-refractivity contribution < 1.29 is 52.2 Å². The summed E-state index contributed by atoms with van der Waals surface area (Å²) in [5, 5.41) is 10.4. The van der Waals surface area contributed by atoms with E-state index in [1.54, 1.807) is 0 Å². The maximum atomic E-state index is 10.7. The monoisotopic (exact) mass is 255 g/mol. The number of rotatable bonds is 3. The number of nitro groups is 1. The number of non-ortho nitro benzene ring substituents is 1. The Morgan fingerprint density at radius 2 is 1.94 bits per heavy atom. The van der Waals surface area contributed by atoms with Gasteiger partial charge in [0.2, 0.25) is 0 Å². The molecule has 7 nitrogen and oxygen atoms in total. The smallest absolute Gasteiger partial charge is 0.744 e. The first kappa shape index (κ1) is 15.3. The summed E-state index contributed by atoms with van der Waals surface area (Å²) < 4.78 is 36.6. The zero-order valence-electron chi connectivity index (χ0n) is 8.54. The molecule has 0 aliphatic rings. The molecule has 1 aromatic carbocycles. The minimum atomic E-state index is -4.69. The number of benzene rings is 1. The Hall–Kier alpha value is -0.670. The fourth-order valence-corrected chi connectivity index (χ4v) is 1.60. The number of nitro benzene ring substituents is 1. The molecule has 0 atom stereocenters. The van der Waals surface area contributed by atoms with Crippen molar-refractivity contribution in [3.63, 3.8) is 0 Å². The van der Waals surface area contributed by atoms with E-state index in [0.717, 1.165) is 25.3 Å². The van der Waals surface area contributed by atoms with Gasteiger partial charge in [0, 0.05) is 6.07 Å². The molecule has 0 fully saturated rings. The predicted octanol–water partition coefficient (Wildman–Crippen LogP) is -2.49. The molecule has 0 aliphatic heterocycles. The average Bonchev–Trinajstić information content (AvgIpc) is 2.15. The van der Waals surface area contributed by atoms with Gasteiger partial charge in [0.25, 0.3) is 5.69 Å². The van der Waals surface area contributed by atoms with Crippen LogP contribution in [0, 0.1) is 10.1 Å². The number of hydrogen-bond acceptors (Lipinski definition) is 6. The van der Waals surface area contributed by atoms with Crippen LogP contribution in [0.3, 0.4) is 0 Å². The van der Waals surface area contributed by atoms with Crippen LogP contribution in [0.2, 0.25) is 0 Å². The largest absolute Gasteiger partial charge is 1.00 e. The zero-order chi connectivity index (χ0) is 11.6. The first-order valence-corrected chi connectivity index (χ1v) is 5.05. The molecule has 1 aromatic rings. The van der Waals surface area contributed by atoms with Crippen LogP contribution >= 0.6 is 0 Å². The van der Waals surface area contributed by atoms with Crippen LogP contribution in [-0.4, -0.2) is 25.0 Å². The summed E-state index contributed by atoms with van der Waals surface area (Å²) in [6.45, 7) is 0. The van der Waals surface area contributed by atoms with E-state index >= 15 is 0 Å². The van der Waals surface area contributed by atoms with Gasteiger partial charge in [0.15, 0.2) is 0 Å². The predicted molar refractivity (Wildman–Crippen MR) is 47.6 cm³/mol. The minimum Gasteiger partial charge on any atom is -0.744 e. The van der Waals surface area contributed by atoms with E-state index in [1.807, 2.05) is 0 Å². The number of methoxy groups -OCH3 is 1. The average molecular weight is 255 g/mol. The summed E-state index contributed by atoms with van der Waals surface area (Å²) in [7, 11) is -3.57. The Bertz CT molecular complexity index is 500. The molecule has 0 amide bonds. The third-order valence-corrected chi connectivity index (χ3v) is 2.50. The van der Waals surface area contributed by atoms with Gasteiger partial charge in [-0.25, -0.2) is 8.42 Å². The number of nitrogens with zero attached hydrogens (tertiary/aromatic N) is 1. The Morgan fingerprint density at radius 3 is 2.31 bits per heavy atom. The minimum absolute atomic E-state index is 0. The van der Waals surface area contributed by atoms with Crippen LogP contribution in [0.5, 0.6) is 5.75 Å². The number of hydrogen-bond donors (Lipinski definition) is 0. The van der Waals surface area contributed by atoms with Crippen LogP contribution in [0.15, 0.2) is 23.1 Å². The summed E-state index contributed by atoms with van der Waals surface area (Å²) in [5.74, 6) is -0.334. The van der Waals surface area contributed by atoms with E-state index in [4.69, 9.17) is 0 Å². The molecule has 82 valence electrons. The number of ether oxygens (including phenoxy) is 1. The normalized spacial score (nSPS) is 10.4. The van der Waals surface area contributed by atoms with Gasteiger partial charge in [0.05, 0.1) is 23.0 Å². The van der Waals surface area contributed by atoms with Crippen molar-refractivity contribution in [2.75, 3.05) is 7.11 Å². The van der Waals surface area contributed by atoms with Crippen molar-refractivity contribution in [3.8, 4) is 5.75 Å². The first-order valence-electron chi connectivity index (χ1n) is 3.64. The zero-order valence-corrected chi connectivity index (χ0v) is 11.4. The quantitative estimate of drug-likeness (QED) is 0.256. The maximum absolute atomic E-state index is 10.7. The van der Waals surface area contributed by atoms with Crippen molar-refractivity contribution in [3.05, 3.63) is 28.3 Å². The van der Waals surface area contributed by atoms with E-state index < -0.39 is 19.9 Å². The molecule has 0 aromatic heterocycles. The molecule has 0 radical (unpaired) electrons. The summed E-state index contributed by atoms with van der Waals surface area (Å²) in [6.07, 6.45) is 0. The molecule has 0 aliphatic carbocycles. The fraction of sp³-hybridized carbons (Fsp3) is 0.143. The topological polar surface area (TPSA) is 110 Å². The van der Waals surface area contributed by atoms with Crippen LogP contribution in [0.4, 0.5) is 5.69 Å². The van der Waals surface area contributed by atoms with Crippen molar-refractivity contribution in [1.29, 1.82) is 0 Å². The maximum Gasteiger partial charge on any atom is 1.00 e. The van der Waals surface area contributed by atoms with Crippen molar-refractivity contribution in [1.82, 2.24) is 0 Å². The Morgan fingerprint density at radius 1 is 1.38 bits per heavy atom. The second-order valence-electron chi connectivity index (χ2n) is 2.55. The van der Waals surface area contributed by atoms with Gasteiger partial charge >= 0.3 is 29.6 Å². The molecule has 9 heteroatoms. The Kier molecular flexibility index (Phi) is 5.36. The van der Waals surface area contributed by atoms with Crippen LogP contribution in [-0.2, 0) is 10.1 Å². The molecule has 0 spiro atoms. The molecule has 1 rings (SSSR count). The van der Waals surface area contributed by atoms with E-state index in [0.29, 0.717) is 0 Å². The van der Waals surface area contributed by atoms with Gasteiger partial charge in [-0.3, -0.25) is 10.1 Å². The molecule has 0 saturated heterocycles. The van der Waals surface area contributed by atoms with Crippen LogP contribution in [0.25, 0.3) is 0 Å². The summed E-state index contributed by atoms with van der Waals surface area (Å²) in [6, 6.07) is 2.65. The third kappa shape index (κ3) is 3.42. The third-order valence-electron chi connectivity index (χ3n) is 1.63. The molecule has 0 N–H and O–H groups in total. The molecule has 0 heterocycles. The van der Waals surface area contributed by atoms with E-state index in [1.165, 1.54) is 0 Å². The van der Waals surface area contributed by atoms with Crippen molar-refractivity contribution >= 4 is 15.8 Å². The Balaban J connectivity index is 0.00000225. The van der Waals surface area contributed by atoms with E-state index in [9.17, 15) is 23.1 Å². The SMILES string of the molecule is COc1cc([N+](=O)[O-])ccc1S(=O)(=O)[O-].[Na+]. The standard InChI is InChI=1S/C7H7NO6S.Na/c1-14-6-4-5(8(9)10)2-3-7(6)15(11,12)13;/h2-4H,1H3,(H,11,12,13);/q;+1/p-1. The van der Waals surface area contributed by atoms with E-state index in [-0.39, 0.29) is 41.0 Å². The van der Waals surface area contributed by atoms with Crippen molar-refractivity contribution in [2.45, 2.75) is 4.90 Å². The second kappa shape index (κ2) is 5.60. The molecule has 0 saturated carbocycles. The molecular weight excluding hydrogens is 249 g/mol. The van der Waals surface area contributed by atoms with Gasteiger partial charge in [-0.1, -0.05) is 0 Å². The fourth-order valence-electron chi connectivity index (χ4n) is 0.976. The van der Waals surface area contributed by atoms with Gasteiger partial charge in [-0.2, -0.15) is 0 Å². The summed E-state index contributed by atoms with van der Waals surface area (Å²) in [4.78, 5) is 9.02. The molecule has 0 unspecified atom stereocenters. The summed E-state index contributed by atoms with van der Waals surface area (Å²) >= 11 is 0. The van der Waals surface area contributed by atoms with E-state index in [2.05, 4.69) is 4.74 Å². The molecule has 0 bridgehead atoms. The van der Waals surface area contributed by atoms with Crippen LogP contribution < -0.4 is 34.3 Å². The van der Waals surface area contributed by atoms with Gasteiger partial charge in [-0.05, 0) is 6.07 Å². The van der Waals surface area contributed by atoms with Gasteiger partial charge in [0.1, 0.15) is 15.9 Å². The van der Waals surface area contributed by atoms with Gasteiger partial charge < -0.3 is 9.29 Å².